The van der Waals surface area contributed by atoms with Gasteiger partial charge in [0, 0.05) is 32.9 Å². The van der Waals surface area contributed by atoms with Crippen LogP contribution in [0.5, 0.6) is 5.75 Å². The third-order valence-electron chi connectivity index (χ3n) is 7.01. The molecule has 1 N–H and O–H groups in total. The van der Waals surface area contributed by atoms with Gasteiger partial charge in [0.1, 0.15) is 17.5 Å². The van der Waals surface area contributed by atoms with Gasteiger partial charge in [0.15, 0.2) is 0 Å². The highest BCUT2D eigenvalue weighted by molar-refractivity contribution is 5.74. The highest BCUT2D eigenvalue weighted by atomic mass is 16.5. The van der Waals surface area contributed by atoms with Gasteiger partial charge >= 0.3 is 5.97 Å². The summed E-state index contributed by atoms with van der Waals surface area (Å²) >= 11 is 0. The quantitative estimate of drug-likeness (QED) is 0.457. The number of carboxylic acid groups (broad SMARTS) is 1. The smallest absolute Gasteiger partial charge is 0.312 e. The maximum Gasteiger partial charge on any atom is 0.312 e. The van der Waals surface area contributed by atoms with Crippen LogP contribution in [0.2, 0.25) is 0 Å². The molecule has 1 aromatic carbocycles. The molecule has 198 valence electrons. The van der Waals surface area contributed by atoms with Gasteiger partial charge in [0.25, 0.3) is 0 Å². The van der Waals surface area contributed by atoms with Crippen LogP contribution in [0.1, 0.15) is 61.9 Å². The molecule has 0 spiro atoms. The molecule has 0 amide bonds. The Bertz CT molecular complexity index is 1240. The van der Waals surface area contributed by atoms with Crippen molar-refractivity contribution in [3.63, 3.8) is 0 Å². The van der Waals surface area contributed by atoms with Crippen molar-refractivity contribution in [1.82, 2.24) is 24.9 Å². The second-order valence-electron chi connectivity index (χ2n) is 10.8. The first-order valence-electron chi connectivity index (χ1n) is 12.7. The molecule has 1 aliphatic heterocycles. The van der Waals surface area contributed by atoms with Crippen molar-refractivity contribution < 1.29 is 19.4 Å². The van der Waals surface area contributed by atoms with E-state index >= 15 is 0 Å². The Labute approximate surface area is 218 Å². The van der Waals surface area contributed by atoms with Gasteiger partial charge in [-0.2, -0.15) is 0 Å². The molecule has 0 bridgehead atoms. The van der Waals surface area contributed by atoms with Crippen molar-refractivity contribution in [2.24, 2.45) is 18.4 Å². The standard InChI is InChI=1S/C28H37N5O4/c1-18(2)25-16-33(15-23-24(37-25)8-7-11-29-23)13-21-12-20(10-9-19(21)3)26(28(4,5)27(34)35)36-17-22-14-32(6)31-30-22/h7-12,14,18,25-26H,13,15-17H2,1-6H3,(H,34,35)/t25-,26+/m0/s1. The lowest BCUT2D eigenvalue weighted by Gasteiger charge is -2.31. The minimum absolute atomic E-state index is 0.0444. The Morgan fingerprint density at radius 2 is 2.08 bits per heavy atom. The van der Waals surface area contributed by atoms with Gasteiger partial charge < -0.3 is 14.6 Å². The SMILES string of the molecule is Cc1ccc([C@@H](OCc2cn(C)nn2)C(C)(C)C(=O)O)cc1CN1Cc2ncccc2O[C@H](C(C)C)C1. The third-order valence-corrected chi connectivity index (χ3v) is 7.01. The van der Waals surface area contributed by atoms with E-state index in [0.29, 0.717) is 24.7 Å². The van der Waals surface area contributed by atoms with Gasteiger partial charge in [-0.3, -0.25) is 19.4 Å². The molecule has 0 radical (unpaired) electrons. The van der Waals surface area contributed by atoms with Gasteiger partial charge in [-0.05, 0) is 55.5 Å². The van der Waals surface area contributed by atoms with E-state index in [1.807, 2.05) is 24.3 Å². The molecular formula is C28H37N5O4. The van der Waals surface area contributed by atoms with E-state index < -0.39 is 17.5 Å². The fourth-order valence-electron chi connectivity index (χ4n) is 4.58. The second kappa shape index (κ2) is 11.0. The first-order valence-corrected chi connectivity index (χ1v) is 12.7. The number of carbonyl (C=O) groups is 1. The molecule has 37 heavy (non-hydrogen) atoms. The number of hydrogen-bond acceptors (Lipinski definition) is 7. The summed E-state index contributed by atoms with van der Waals surface area (Å²) in [6.45, 7) is 12.1. The molecule has 9 heteroatoms. The van der Waals surface area contributed by atoms with Crippen molar-refractivity contribution >= 4 is 5.97 Å². The van der Waals surface area contributed by atoms with Crippen molar-refractivity contribution in [1.29, 1.82) is 0 Å². The topological polar surface area (TPSA) is 103 Å². The molecule has 0 saturated heterocycles. The summed E-state index contributed by atoms with van der Waals surface area (Å²) in [5, 5.41) is 18.1. The predicted octanol–water partition coefficient (Wildman–Crippen LogP) is 4.31. The zero-order chi connectivity index (χ0) is 26.7. The van der Waals surface area contributed by atoms with Crippen LogP contribution < -0.4 is 4.74 Å². The monoisotopic (exact) mass is 507 g/mol. The van der Waals surface area contributed by atoms with Crippen LogP contribution in [0.15, 0.2) is 42.7 Å². The lowest BCUT2D eigenvalue weighted by molar-refractivity contribution is -0.158. The average molecular weight is 508 g/mol. The largest absolute Gasteiger partial charge is 0.487 e. The Balaban J connectivity index is 1.62. The summed E-state index contributed by atoms with van der Waals surface area (Å²) < 4.78 is 14.1. The summed E-state index contributed by atoms with van der Waals surface area (Å²) in [6, 6.07) is 9.98. The van der Waals surface area contributed by atoms with Crippen LogP contribution in [-0.2, 0) is 36.3 Å². The Morgan fingerprint density at radius 1 is 1.30 bits per heavy atom. The molecule has 0 fully saturated rings. The molecule has 0 aliphatic carbocycles. The zero-order valence-electron chi connectivity index (χ0n) is 22.5. The molecule has 2 aromatic heterocycles. The number of rotatable bonds is 9. The van der Waals surface area contributed by atoms with Crippen LogP contribution >= 0.6 is 0 Å². The Morgan fingerprint density at radius 3 is 2.76 bits per heavy atom. The van der Waals surface area contributed by atoms with Crippen molar-refractivity contribution in [2.75, 3.05) is 6.54 Å². The first-order chi connectivity index (χ1) is 17.5. The maximum absolute atomic E-state index is 12.2. The molecule has 3 aromatic rings. The summed E-state index contributed by atoms with van der Waals surface area (Å²) in [5.74, 6) is 0.261. The van der Waals surface area contributed by atoms with Crippen LogP contribution in [-0.4, -0.2) is 48.6 Å². The highest BCUT2D eigenvalue weighted by Gasteiger charge is 2.39. The Hall–Kier alpha value is -3.30. The zero-order valence-corrected chi connectivity index (χ0v) is 22.5. The predicted molar refractivity (Wildman–Crippen MR) is 139 cm³/mol. The van der Waals surface area contributed by atoms with Gasteiger partial charge in [-0.25, -0.2) is 0 Å². The van der Waals surface area contributed by atoms with Crippen LogP contribution in [0.4, 0.5) is 0 Å². The summed E-state index contributed by atoms with van der Waals surface area (Å²) in [6.07, 6.45) is 2.94. The molecule has 2 atom stereocenters. The van der Waals surface area contributed by atoms with Gasteiger partial charge in [0.2, 0.25) is 0 Å². The van der Waals surface area contributed by atoms with Crippen LogP contribution in [0, 0.1) is 18.3 Å². The van der Waals surface area contributed by atoms with Crippen molar-refractivity contribution in [3.8, 4) is 5.75 Å². The second-order valence-corrected chi connectivity index (χ2v) is 10.8. The maximum atomic E-state index is 12.2. The summed E-state index contributed by atoms with van der Waals surface area (Å²) in [4.78, 5) is 19.2. The third kappa shape index (κ3) is 6.17. The molecule has 9 nitrogen and oxygen atoms in total. The van der Waals surface area contributed by atoms with E-state index in [1.54, 1.807) is 38.0 Å². The van der Waals surface area contributed by atoms with Crippen molar-refractivity contribution in [2.45, 2.75) is 66.5 Å². The number of nitrogens with zero attached hydrogens (tertiary/aromatic N) is 5. The fraction of sp³-hybridized carbons (Fsp3) is 0.500. The minimum Gasteiger partial charge on any atom is -0.487 e. The van der Waals surface area contributed by atoms with E-state index in [-0.39, 0.29) is 12.7 Å². The van der Waals surface area contributed by atoms with Crippen LogP contribution in [0.3, 0.4) is 0 Å². The van der Waals surface area contributed by atoms with Gasteiger partial charge in [0.05, 0.1) is 30.0 Å². The number of aliphatic carboxylic acids is 1. The molecular weight excluding hydrogens is 470 g/mol. The average Bonchev–Trinajstić information content (AvgIpc) is 3.16. The van der Waals surface area contributed by atoms with Gasteiger partial charge in [-0.15, -0.1) is 5.10 Å². The summed E-state index contributed by atoms with van der Waals surface area (Å²) in [5.41, 5.74) is 3.50. The van der Waals surface area contributed by atoms with E-state index in [0.717, 1.165) is 34.7 Å². The number of fused-ring (bicyclic) bond motifs is 1. The van der Waals surface area contributed by atoms with E-state index in [2.05, 4.69) is 47.0 Å². The molecule has 3 heterocycles. The highest BCUT2D eigenvalue weighted by Crippen LogP contribution is 2.38. The number of benzene rings is 1. The normalized spacial score (nSPS) is 17.2. The van der Waals surface area contributed by atoms with Crippen molar-refractivity contribution in [3.05, 3.63) is 70.8 Å². The van der Waals surface area contributed by atoms with Crippen LogP contribution in [0.25, 0.3) is 0 Å². The molecule has 1 aliphatic rings. The number of ether oxygens (including phenoxy) is 2. The minimum atomic E-state index is -1.16. The number of hydrogen-bond donors (Lipinski definition) is 1. The lowest BCUT2D eigenvalue weighted by atomic mass is 9.81. The molecule has 0 unspecified atom stereocenters. The number of pyridine rings is 1. The van der Waals surface area contributed by atoms with Gasteiger partial charge in [-0.1, -0.05) is 37.3 Å². The van der Waals surface area contributed by atoms with E-state index in [9.17, 15) is 9.90 Å². The number of carboxylic acids is 1. The lowest BCUT2D eigenvalue weighted by Crippen LogP contribution is -2.36. The first kappa shape index (κ1) is 26.8. The number of aryl methyl sites for hydroxylation is 2. The molecule has 4 rings (SSSR count). The Kier molecular flexibility index (Phi) is 7.94. The fourth-order valence-corrected chi connectivity index (χ4v) is 4.58. The number of aromatic nitrogens is 4. The summed E-state index contributed by atoms with van der Waals surface area (Å²) in [7, 11) is 1.78. The molecule has 0 saturated carbocycles. The van der Waals surface area contributed by atoms with E-state index in [4.69, 9.17) is 9.47 Å². The van der Waals surface area contributed by atoms with E-state index in [1.165, 1.54) is 0 Å².